The molecule has 0 radical (unpaired) electrons. The Labute approximate surface area is 168 Å². The number of aromatic amines is 1. The number of likely N-dealkylation sites (tertiary alicyclic amines) is 1. The Hall–Kier alpha value is -3.16. The molecule has 1 N–H and O–H groups in total. The summed E-state index contributed by atoms with van der Waals surface area (Å²) in [5, 5.41) is 15.6. The Kier molecular flexibility index (Phi) is 4.54. The predicted molar refractivity (Wildman–Crippen MR) is 105 cm³/mol. The van der Waals surface area contributed by atoms with E-state index in [-0.39, 0.29) is 11.8 Å². The van der Waals surface area contributed by atoms with E-state index in [1.807, 2.05) is 29.2 Å². The smallest absolute Gasteiger partial charge is 0.271 e. The Morgan fingerprint density at radius 2 is 1.79 bits per heavy atom. The summed E-state index contributed by atoms with van der Waals surface area (Å²) in [6, 6.07) is 9.41. The van der Waals surface area contributed by atoms with Crippen LogP contribution in [0.2, 0.25) is 0 Å². The number of H-pyrrole nitrogens is 1. The number of para-hydroxylation sites is 1. The summed E-state index contributed by atoms with van der Waals surface area (Å²) in [5.74, 6) is 2.88. The number of amides is 1. The average Bonchev–Trinajstić information content (AvgIpc) is 3.30. The van der Waals surface area contributed by atoms with E-state index in [1.165, 1.54) is 0 Å². The van der Waals surface area contributed by atoms with Crippen LogP contribution in [0.25, 0.3) is 11.3 Å². The van der Waals surface area contributed by atoms with E-state index < -0.39 is 0 Å². The van der Waals surface area contributed by atoms with Gasteiger partial charge in [0.05, 0.1) is 12.8 Å². The lowest BCUT2D eigenvalue weighted by atomic mass is 9.96. The highest BCUT2D eigenvalue weighted by Crippen LogP contribution is 2.40. The summed E-state index contributed by atoms with van der Waals surface area (Å²) in [5.41, 5.74) is 2.03. The zero-order valence-electron chi connectivity index (χ0n) is 16.3. The van der Waals surface area contributed by atoms with Crippen molar-refractivity contribution in [2.75, 3.05) is 20.2 Å². The maximum atomic E-state index is 12.9. The van der Waals surface area contributed by atoms with Crippen LogP contribution in [0.1, 0.15) is 59.8 Å². The van der Waals surface area contributed by atoms with Crippen LogP contribution in [0, 0.1) is 0 Å². The first-order valence-corrected chi connectivity index (χ1v) is 10.0. The van der Waals surface area contributed by atoms with Crippen molar-refractivity contribution in [2.24, 2.45) is 0 Å². The van der Waals surface area contributed by atoms with Crippen molar-refractivity contribution in [3.05, 3.63) is 47.8 Å². The second kappa shape index (κ2) is 7.35. The van der Waals surface area contributed by atoms with Gasteiger partial charge in [0.25, 0.3) is 5.91 Å². The minimum atomic E-state index is -0.0405. The van der Waals surface area contributed by atoms with Crippen LogP contribution in [-0.2, 0) is 0 Å². The van der Waals surface area contributed by atoms with Gasteiger partial charge >= 0.3 is 0 Å². The van der Waals surface area contributed by atoms with Gasteiger partial charge in [0.15, 0.2) is 0 Å². The van der Waals surface area contributed by atoms with Crippen molar-refractivity contribution >= 4 is 5.91 Å². The zero-order valence-corrected chi connectivity index (χ0v) is 16.3. The average molecular weight is 393 g/mol. The van der Waals surface area contributed by atoms with E-state index in [9.17, 15) is 4.79 Å². The molecule has 29 heavy (non-hydrogen) atoms. The lowest BCUT2D eigenvalue weighted by Crippen LogP contribution is -2.38. The second-order valence-electron chi connectivity index (χ2n) is 7.69. The van der Waals surface area contributed by atoms with E-state index in [4.69, 9.17) is 9.15 Å². The molecule has 2 fully saturated rings. The highest BCUT2D eigenvalue weighted by Gasteiger charge is 2.32. The van der Waals surface area contributed by atoms with Crippen molar-refractivity contribution in [3.8, 4) is 17.0 Å². The van der Waals surface area contributed by atoms with Gasteiger partial charge in [-0.15, -0.1) is 10.2 Å². The van der Waals surface area contributed by atoms with Gasteiger partial charge in [0.1, 0.15) is 11.4 Å². The molecule has 2 aromatic heterocycles. The maximum Gasteiger partial charge on any atom is 0.271 e. The molecule has 8 heteroatoms. The largest absolute Gasteiger partial charge is 0.496 e. The van der Waals surface area contributed by atoms with Crippen molar-refractivity contribution in [1.29, 1.82) is 0 Å². The number of benzene rings is 1. The fraction of sp³-hybridized carbons (Fsp3) is 0.429. The molecule has 150 valence electrons. The molecule has 2 aliphatic rings. The number of methoxy groups -OCH3 is 1. The van der Waals surface area contributed by atoms with Gasteiger partial charge in [-0.3, -0.25) is 9.89 Å². The van der Waals surface area contributed by atoms with Crippen LogP contribution in [0.3, 0.4) is 0 Å². The maximum absolute atomic E-state index is 12.9. The fourth-order valence-corrected chi connectivity index (χ4v) is 3.83. The fourth-order valence-electron chi connectivity index (χ4n) is 3.83. The van der Waals surface area contributed by atoms with E-state index in [1.54, 1.807) is 13.2 Å². The second-order valence-corrected chi connectivity index (χ2v) is 7.69. The number of ether oxygens (including phenoxy) is 1. The number of piperidine rings is 1. The highest BCUT2D eigenvalue weighted by molar-refractivity contribution is 5.93. The van der Waals surface area contributed by atoms with Crippen LogP contribution in [-0.4, -0.2) is 51.4 Å². The number of rotatable bonds is 5. The number of carbonyl (C=O) groups is 1. The van der Waals surface area contributed by atoms with E-state index in [2.05, 4.69) is 20.4 Å². The topological polar surface area (TPSA) is 97.1 Å². The summed E-state index contributed by atoms with van der Waals surface area (Å²) < 4.78 is 11.2. The molecule has 0 spiro atoms. The first-order valence-electron chi connectivity index (χ1n) is 10.0. The van der Waals surface area contributed by atoms with Crippen LogP contribution in [0.4, 0.5) is 0 Å². The molecule has 1 aliphatic carbocycles. The van der Waals surface area contributed by atoms with Gasteiger partial charge in [-0.25, -0.2) is 0 Å². The van der Waals surface area contributed by atoms with E-state index >= 15 is 0 Å². The summed E-state index contributed by atoms with van der Waals surface area (Å²) in [4.78, 5) is 14.8. The summed E-state index contributed by atoms with van der Waals surface area (Å²) in [7, 11) is 1.62. The zero-order chi connectivity index (χ0) is 19.8. The molecule has 0 bridgehead atoms. The normalized spacial score (nSPS) is 17.5. The third-order valence-electron chi connectivity index (χ3n) is 5.71. The van der Waals surface area contributed by atoms with Crippen LogP contribution in [0.5, 0.6) is 5.75 Å². The first-order chi connectivity index (χ1) is 14.2. The Morgan fingerprint density at radius 1 is 1.10 bits per heavy atom. The lowest BCUT2D eigenvalue weighted by Gasteiger charge is -2.30. The molecule has 5 rings (SSSR count). The molecule has 1 aromatic carbocycles. The number of aromatic nitrogens is 4. The van der Waals surface area contributed by atoms with Gasteiger partial charge in [-0.1, -0.05) is 12.1 Å². The molecule has 0 unspecified atom stereocenters. The number of hydrogen-bond donors (Lipinski definition) is 1. The minimum Gasteiger partial charge on any atom is -0.496 e. The molecule has 1 saturated heterocycles. The molecule has 8 nitrogen and oxygen atoms in total. The van der Waals surface area contributed by atoms with Gasteiger partial charge in [-0.05, 0) is 43.9 Å². The summed E-state index contributed by atoms with van der Waals surface area (Å²) in [6.07, 6.45) is 3.95. The van der Waals surface area contributed by atoms with Gasteiger partial charge in [-0.2, -0.15) is 5.10 Å². The Balaban J connectivity index is 1.24. The molecular weight excluding hydrogens is 370 g/mol. The van der Waals surface area contributed by atoms with E-state index in [0.717, 1.165) is 48.8 Å². The van der Waals surface area contributed by atoms with Gasteiger partial charge in [0, 0.05) is 30.5 Å². The van der Waals surface area contributed by atoms with E-state index in [0.29, 0.717) is 30.4 Å². The van der Waals surface area contributed by atoms with Crippen molar-refractivity contribution in [1.82, 2.24) is 25.3 Å². The quantitative estimate of drug-likeness (QED) is 0.714. The molecule has 0 atom stereocenters. The standard InChI is InChI=1S/C21H23N5O3/c1-28-18-5-3-2-4-15(18)16-12-17(23-22-16)21(27)26-10-8-14(9-11-26)20-25-24-19(29-20)13-6-7-13/h2-5,12-14H,6-11H2,1H3,(H,22,23). The van der Waals surface area contributed by atoms with Crippen molar-refractivity contribution in [3.63, 3.8) is 0 Å². The molecule has 1 saturated carbocycles. The molecular formula is C21H23N5O3. The minimum absolute atomic E-state index is 0.0405. The summed E-state index contributed by atoms with van der Waals surface area (Å²) in [6.45, 7) is 1.32. The molecule has 3 aromatic rings. The third kappa shape index (κ3) is 3.50. The lowest BCUT2D eigenvalue weighted by molar-refractivity contribution is 0.0700. The Bertz CT molecular complexity index is 1010. The Morgan fingerprint density at radius 3 is 2.48 bits per heavy atom. The number of nitrogens with zero attached hydrogens (tertiary/aromatic N) is 4. The molecule has 1 amide bonds. The predicted octanol–water partition coefficient (Wildman–Crippen LogP) is 3.37. The highest BCUT2D eigenvalue weighted by atomic mass is 16.5. The number of hydrogen-bond acceptors (Lipinski definition) is 6. The van der Waals surface area contributed by atoms with Crippen molar-refractivity contribution < 1.29 is 13.9 Å². The van der Waals surface area contributed by atoms with Crippen molar-refractivity contribution in [2.45, 2.75) is 37.5 Å². The van der Waals surface area contributed by atoms with Crippen LogP contribution < -0.4 is 4.74 Å². The SMILES string of the molecule is COc1ccccc1-c1cc(C(=O)N2CCC(c3nnc(C4CC4)o3)CC2)[nH]n1. The third-order valence-corrected chi connectivity index (χ3v) is 5.71. The van der Waals surface area contributed by atoms with Crippen LogP contribution in [0.15, 0.2) is 34.7 Å². The summed E-state index contributed by atoms with van der Waals surface area (Å²) >= 11 is 0. The van der Waals surface area contributed by atoms with Gasteiger partial charge < -0.3 is 14.1 Å². The monoisotopic (exact) mass is 393 g/mol. The van der Waals surface area contributed by atoms with Gasteiger partial charge in [0.2, 0.25) is 11.8 Å². The van der Waals surface area contributed by atoms with Crippen LogP contribution >= 0.6 is 0 Å². The molecule has 3 heterocycles. The number of carbonyl (C=O) groups excluding carboxylic acids is 1. The molecule has 1 aliphatic heterocycles. The first kappa shape index (κ1) is 17.9. The number of nitrogens with one attached hydrogen (secondary N) is 1.